The number of aromatic nitrogens is 1. The van der Waals surface area contributed by atoms with Gasteiger partial charge in [-0.05, 0) is 33.1 Å². The number of ether oxygens (including phenoxy) is 1. The fraction of sp³-hybridized carbons (Fsp3) is 0.619. The maximum atomic E-state index is 13.4. The number of carbonyl (C=O) groups excluding carboxylic acids is 1. The van der Waals surface area contributed by atoms with Crippen molar-refractivity contribution in [1.29, 1.82) is 0 Å². The summed E-state index contributed by atoms with van der Waals surface area (Å²) in [5.74, 6) is -1.84. The molecule has 0 radical (unpaired) electrons. The number of aromatic carboxylic acids is 1. The summed E-state index contributed by atoms with van der Waals surface area (Å²) in [5.41, 5.74) is -0.894. The molecule has 1 aromatic heterocycles. The minimum absolute atomic E-state index is 0.0459. The van der Waals surface area contributed by atoms with E-state index in [-0.39, 0.29) is 36.0 Å². The van der Waals surface area contributed by atoms with Crippen molar-refractivity contribution >= 4 is 17.6 Å². The van der Waals surface area contributed by atoms with Crippen LogP contribution >= 0.6 is 0 Å². The lowest BCUT2D eigenvalue weighted by atomic mass is 9.84. The van der Waals surface area contributed by atoms with Crippen LogP contribution in [0.4, 0.5) is 0 Å². The lowest BCUT2D eigenvalue weighted by Crippen LogP contribution is -2.52. The van der Waals surface area contributed by atoms with Gasteiger partial charge in [0.1, 0.15) is 5.56 Å². The molecule has 1 amide bonds. The molecule has 3 atom stereocenters. The third-order valence-corrected chi connectivity index (χ3v) is 6.40. The van der Waals surface area contributed by atoms with Gasteiger partial charge in [0, 0.05) is 25.2 Å². The van der Waals surface area contributed by atoms with Gasteiger partial charge in [0.2, 0.25) is 5.43 Å². The second kappa shape index (κ2) is 7.45. The molecule has 30 heavy (non-hydrogen) atoms. The van der Waals surface area contributed by atoms with E-state index in [0.717, 1.165) is 18.6 Å². The van der Waals surface area contributed by atoms with Crippen LogP contribution in [-0.4, -0.2) is 57.0 Å². The smallest absolute Gasteiger partial charge is 0.341 e. The average Bonchev–Trinajstić information content (AvgIpc) is 3.03. The van der Waals surface area contributed by atoms with Gasteiger partial charge in [-0.25, -0.2) is 4.79 Å². The topological polar surface area (TPSA) is 110 Å². The summed E-state index contributed by atoms with van der Waals surface area (Å²) in [6, 6.07) is -0.418. The summed E-state index contributed by atoms with van der Waals surface area (Å²) in [5, 5.41) is 13.8. The number of amides is 1. The Bertz CT molecular complexity index is 984. The van der Waals surface area contributed by atoms with E-state index in [1.807, 2.05) is 20.8 Å². The predicted molar refractivity (Wildman–Crippen MR) is 108 cm³/mol. The van der Waals surface area contributed by atoms with Crippen molar-refractivity contribution in [3.8, 4) is 5.75 Å². The first-order valence-electron chi connectivity index (χ1n) is 10.5. The molecule has 9 heteroatoms. The third-order valence-electron chi connectivity index (χ3n) is 6.40. The summed E-state index contributed by atoms with van der Waals surface area (Å²) in [4.78, 5) is 45.8. The SMILES string of the molecule is CCCCOc1c2n(cc(C(=O)O)c1=O)[C@@H]1CN(C2=O)[C@@H](C)CC[C@]12CC(C)=NO2. The Labute approximate surface area is 174 Å². The second-order valence-electron chi connectivity index (χ2n) is 8.48. The molecule has 0 aliphatic carbocycles. The van der Waals surface area contributed by atoms with Crippen molar-refractivity contribution in [3.63, 3.8) is 0 Å². The summed E-state index contributed by atoms with van der Waals surface area (Å²) >= 11 is 0. The van der Waals surface area contributed by atoms with E-state index in [1.165, 1.54) is 6.20 Å². The number of hydrogen-bond acceptors (Lipinski definition) is 6. The fourth-order valence-corrected chi connectivity index (χ4v) is 4.72. The van der Waals surface area contributed by atoms with Gasteiger partial charge in [-0.15, -0.1) is 0 Å². The number of hydrogen-bond donors (Lipinski definition) is 1. The number of carboxylic acids is 1. The molecule has 3 aliphatic rings. The van der Waals surface area contributed by atoms with Gasteiger partial charge < -0.3 is 24.1 Å². The van der Waals surface area contributed by atoms with Crippen LogP contribution in [0.15, 0.2) is 16.1 Å². The van der Waals surface area contributed by atoms with Gasteiger partial charge in [0.05, 0.1) is 18.4 Å². The zero-order valence-corrected chi connectivity index (χ0v) is 17.5. The number of carboxylic acid groups (broad SMARTS) is 1. The van der Waals surface area contributed by atoms with Crippen molar-refractivity contribution in [2.45, 2.75) is 70.6 Å². The van der Waals surface area contributed by atoms with E-state index in [2.05, 4.69) is 5.16 Å². The molecular weight excluding hydrogens is 390 g/mol. The second-order valence-corrected chi connectivity index (χ2v) is 8.48. The Kier molecular flexibility index (Phi) is 5.07. The minimum atomic E-state index is -1.35. The normalized spacial score (nSPS) is 27.4. The Hall–Kier alpha value is -2.84. The molecule has 4 rings (SSSR count). The molecule has 4 heterocycles. The molecule has 1 aromatic rings. The Morgan fingerprint density at radius 1 is 1.43 bits per heavy atom. The molecule has 9 nitrogen and oxygen atoms in total. The van der Waals surface area contributed by atoms with E-state index in [1.54, 1.807) is 9.47 Å². The van der Waals surface area contributed by atoms with Crippen molar-refractivity contribution in [1.82, 2.24) is 9.47 Å². The first-order chi connectivity index (χ1) is 14.3. The maximum absolute atomic E-state index is 13.4. The van der Waals surface area contributed by atoms with Crippen LogP contribution in [0, 0.1) is 0 Å². The van der Waals surface area contributed by atoms with Gasteiger partial charge in [-0.2, -0.15) is 0 Å². The summed E-state index contributed by atoms with van der Waals surface area (Å²) in [7, 11) is 0. The van der Waals surface area contributed by atoms with E-state index >= 15 is 0 Å². The first kappa shape index (κ1) is 20.4. The van der Waals surface area contributed by atoms with Crippen LogP contribution < -0.4 is 10.2 Å². The monoisotopic (exact) mass is 417 g/mol. The van der Waals surface area contributed by atoms with Gasteiger partial charge in [0.15, 0.2) is 17.0 Å². The third kappa shape index (κ3) is 3.07. The summed E-state index contributed by atoms with van der Waals surface area (Å²) in [6.07, 6.45) is 4.79. The predicted octanol–water partition coefficient (Wildman–Crippen LogP) is 2.44. The highest BCUT2D eigenvalue weighted by atomic mass is 16.7. The number of pyridine rings is 1. The lowest BCUT2D eigenvalue weighted by molar-refractivity contribution is -0.0656. The zero-order chi connectivity index (χ0) is 21.6. The van der Waals surface area contributed by atoms with Crippen molar-refractivity contribution in [2.24, 2.45) is 5.16 Å². The number of unbranched alkanes of at least 4 members (excludes halogenated alkanes) is 1. The number of carbonyl (C=O) groups is 2. The van der Waals surface area contributed by atoms with Crippen molar-refractivity contribution in [2.75, 3.05) is 13.2 Å². The average molecular weight is 417 g/mol. The quantitative estimate of drug-likeness (QED) is 0.737. The van der Waals surface area contributed by atoms with Gasteiger partial charge in [0.25, 0.3) is 5.91 Å². The van der Waals surface area contributed by atoms with E-state index < -0.39 is 22.6 Å². The van der Waals surface area contributed by atoms with Crippen molar-refractivity contribution < 1.29 is 24.3 Å². The molecule has 2 bridgehead atoms. The molecule has 1 fully saturated rings. The maximum Gasteiger partial charge on any atom is 0.341 e. The van der Waals surface area contributed by atoms with Crippen LogP contribution in [0.25, 0.3) is 0 Å². The Morgan fingerprint density at radius 3 is 2.83 bits per heavy atom. The molecule has 1 saturated heterocycles. The number of rotatable bonds is 5. The van der Waals surface area contributed by atoms with Gasteiger partial charge in [-0.3, -0.25) is 9.59 Å². The highest BCUT2D eigenvalue weighted by Gasteiger charge is 2.53. The van der Waals surface area contributed by atoms with E-state index in [4.69, 9.17) is 9.57 Å². The molecule has 3 aliphatic heterocycles. The zero-order valence-electron chi connectivity index (χ0n) is 17.5. The number of oxime groups is 1. The minimum Gasteiger partial charge on any atom is -0.487 e. The molecule has 0 aromatic carbocycles. The van der Waals surface area contributed by atoms with Crippen molar-refractivity contribution in [3.05, 3.63) is 27.7 Å². The number of fused-ring (bicyclic) bond motifs is 5. The van der Waals surface area contributed by atoms with Gasteiger partial charge in [-0.1, -0.05) is 18.5 Å². The van der Waals surface area contributed by atoms with E-state index in [9.17, 15) is 19.5 Å². The van der Waals surface area contributed by atoms with Gasteiger partial charge >= 0.3 is 5.97 Å². The number of nitrogens with zero attached hydrogens (tertiary/aromatic N) is 3. The largest absolute Gasteiger partial charge is 0.487 e. The Morgan fingerprint density at radius 2 is 2.20 bits per heavy atom. The molecule has 1 N–H and O–H groups in total. The molecule has 0 unspecified atom stereocenters. The van der Waals surface area contributed by atoms with E-state index in [0.29, 0.717) is 25.8 Å². The fourth-order valence-electron chi connectivity index (χ4n) is 4.72. The summed E-state index contributed by atoms with van der Waals surface area (Å²) in [6.45, 7) is 6.46. The Balaban J connectivity index is 1.93. The van der Waals surface area contributed by atoms with Crippen LogP contribution in [0.1, 0.15) is 79.8 Å². The molecule has 1 spiro atoms. The molecule has 162 valence electrons. The van der Waals surface area contributed by atoms with Crippen LogP contribution in [-0.2, 0) is 4.84 Å². The van der Waals surface area contributed by atoms with Crippen LogP contribution in [0.5, 0.6) is 5.75 Å². The lowest BCUT2D eigenvalue weighted by Gasteiger charge is -2.42. The van der Waals surface area contributed by atoms with Crippen LogP contribution in [0.3, 0.4) is 0 Å². The standard InChI is InChI=1S/C21H27N3O6/c1-4-5-8-29-18-16-19(26)23-11-15(24(16)10-14(17(18)25)20(27)28)21(7-6-13(23)3)9-12(2)22-30-21/h10,13,15H,4-9,11H2,1-3H3,(H,27,28)/t13-,15+,21-/m0/s1. The highest BCUT2D eigenvalue weighted by molar-refractivity contribution is 5.98. The summed E-state index contributed by atoms with van der Waals surface area (Å²) < 4.78 is 7.35. The van der Waals surface area contributed by atoms with Crippen LogP contribution in [0.2, 0.25) is 0 Å². The highest BCUT2D eigenvalue weighted by Crippen LogP contribution is 2.46. The molecule has 0 saturated carbocycles. The molecular formula is C21H27N3O6. The first-order valence-corrected chi connectivity index (χ1v) is 10.5.